The lowest BCUT2D eigenvalue weighted by molar-refractivity contribution is 0.0130. The fourth-order valence-electron chi connectivity index (χ4n) is 4.57. The molecule has 9 nitrogen and oxygen atoms in total. The Morgan fingerprint density at radius 3 is 2.22 bits per heavy atom. The van der Waals surface area contributed by atoms with Gasteiger partial charge in [-0.05, 0) is 40.8 Å². The number of piperidine rings is 1. The van der Waals surface area contributed by atoms with E-state index in [-0.39, 0.29) is 36.7 Å². The molecule has 198 valence electrons. The van der Waals surface area contributed by atoms with Crippen LogP contribution in [0.2, 0.25) is 0 Å². The molecule has 36 heavy (non-hydrogen) atoms. The first-order chi connectivity index (χ1) is 17.0. The molecule has 0 spiro atoms. The molecule has 0 saturated carbocycles. The molecule has 2 aromatic carbocycles. The molecule has 0 radical (unpaired) electrons. The van der Waals surface area contributed by atoms with E-state index < -0.39 is 17.2 Å². The molecule has 2 unspecified atom stereocenters. The number of carboxylic acid groups (broad SMARTS) is 1. The third kappa shape index (κ3) is 6.83. The van der Waals surface area contributed by atoms with Gasteiger partial charge in [0.05, 0.1) is 13.2 Å². The lowest BCUT2D eigenvalue weighted by Crippen LogP contribution is -2.53. The fourth-order valence-corrected chi connectivity index (χ4v) is 5.32. The van der Waals surface area contributed by atoms with Crippen molar-refractivity contribution in [2.45, 2.75) is 58.3 Å². The molecule has 0 aromatic heterocycles. The molecule has 10 heteroatoms. The summed E-state index contributed by atoms with van der Waals surface area (Å²) in [6.45, 7) is 7.44. The second-order valence-corrected chi connectivity index (χ2v) is 11.7. The summed E-state index contributed by atoms with van der Waals surface area (Å²) in [4.78, 5) is 13.2. The molecule has 0 bridgehead atoms. The Labute approximate surface area is 213 Å². The number of benzene rings is 2. The monoisotopic (exact) mass is 521 g/mol. The van der Waals surface area contributed by atoms with Gasteiger partial charge in [-0.1, -0.05) is 45.0 Å². The summed E-state index contributed by atoms with van der Waals surface area (Å²) >= 11 is -3.35. The lowest BCUT2D eigenvalue weighted by atomic mass is 9.80. The van der Waals surface area contributed by atoms with Gasteiger partial charge in [-0.2, -0.15) is 0 Å². The van der Waals surface area contributed by atoms with Crippen molar-refractivity contribution in [3.8, 4) is 11.5 Å². The summed E-state index contributed by atoms with van der Waals surface area (Å²) in [6, 6.07) is 15.3. The van der Waals surface area contributed by atoms with E-state index in [0.717, 1.165) is 22.6 Å². The Hall–Kier alpha value is -2.50. The number of nitrogens with zero attached hydrogens (tertiary/aromatic N) is 1. The van der Waals surface area contributed by atoms with Crippen molar-refractivity contribution in [2.75, 3.05) is 19.8 Å². The van der Waals surface area contributed by atoms with Crippen molar-refractivity contribution < 1.29 is 36.8 Å². The van der Waals surface area contributed by atoms with Crippen molar-refractivity contribution in [3.05, 3.63) is 59.7 Å². The summed E-state index contributed by atoms with van der Waals surface area (Å²) in [5.74, 6) is 1.42. The number of amides is 1. The largest absolute Gasteiger partial charge is 0.490 e. The molecule has 2 fully saturated rings. The minimum Gasteiger partial charge on any atom is -0.490 e. The molecule has 2 aliphatic heterocycles. The number of likely N-dealkylation sites (tertiary alicyclic amines) is 1. The molecule has 2 saturated heterocycles. The van der Waals surface area contributed by atoms with Gasteiger partial charge in [0.25, 0.3) is 0 Å². The Morgan fingerprint density at radius 1 is 1.03 bits per heavy atom. The van der Waals surface area contributed by atoms with Crippen LogP contribution in [-0.4, -0.2) is 57.1 Å². The number of carbonyl (C=O) groups is 1. The van der Waals surface area contributed by atoms with E-state index in [4.69, 9.17) is 17.8 Å². The number of ether oxygens (including phenoxy) is 2. The summed E-state index contributed by atoms with van der Waals surface area (Å²) in [7, 11) is 0. The number of hydrogen-bond acceptors (Lipinski definition) is 7. The average molecular weight is 522 g/mol. The normalized spacial score (nSPS) is 23.6. The lowest BCUT2D eigenvalue weighted by Gasteiger charge is -2.44. The maximum atomic E-state index is 11.6. The van der Waals surface area contributed by atoms with Gasteiger partial charge >= 0.3 is 6.09 Å². The predicted octanol–water partition coefficient (Wildman–Crippen LogP) is 5.91. The highest BCUT2D eigenvalue weighted by Gasteiger charge is 2.39. The van der Waals surface area contributed by atoms with E-state index >= 15 is 0 Å². The Morgan fingerprint density at radius 2 is 1.64 bits per heavy atom. The molecule has 1 amide bonds. The summed E-state index contributed by atoms with van der Waals surface area (Å²) < 4.78 is 40.8. The molecule has 0 aliphatic carbocycles. The van der Waals surface area contributed by atoms with E-state index in [2.05, 4.69) is 20.8 Å². The van der Waals surface area contributed by atoms with Crippen LogP contribution in [0.4, 0.5) is 4.79 Å². The highest BCUT2D eigenvalue weighted by atomic mass is 32.3. The summed E-state index contributed by atoms with van der Waals surface area (Å²) in [6.07, 6.45) is 0.432. The Kier molecular flexibility index (Phi) is 8.01. The van der Waals surface area contributed by atoms with E-state index in [1.54, 1.807) is 4.90 Å². The Balaban J connectivity index is 1.27. The van der Waals surface area contributed by atoms with Crippen molar-refractivity contribution in [1.82, 2.24) is 4.90 Å². The third-order valence-electron chi connectivity index (χ3n) is 6.63. The van der Waals surface area contributed by atoms with Crippen LogP contribution in [0.25, 0.3) is 0 Å². The fraction of sp³-hybridized carbons (Fsp3) is 0.500. The van der Waals surface area contributed by atoms with Crippen LogP contribution >= 0.6 is 11.2 Å². The van der Waals surface area contributed by atoms with Gasteiger partial charge in [-0.25, -0.2) is 4.79 Å². The van der Waals surface area contributed by atoms with Gasteiger partial charge in [0.15, 0.2) is 0 Å². The van der Waals surface area contributed by atoms with E-state index in [9.17, 15) is 19.0 Å². The zero-order chi connectivity index (χ0) is 25.9. The number of hydrogen-bond donors (Lipinski definition) is 3. The van der Waals surface area contributed by atoms with Crippen molar-refractivity contribution in [1.29, 1.82) is 0 Å². The maximum absolute atomic E-state index is 11.6. The minimum absolute atomic E-state index is 0.0296. The summed E-state index contributed by atoms with van der Waals surface area (Å²) in [5.41, 5.74) is 1.81. The number of rotatable bonds is 6. The van der Waals surface area contributed by atoms with E-state index in [1.807, 2.05) is 48.5 Å². The van der Waals surface area contributed by atoms with Crippen LogP contribution in [0.1, 0.15) is 50.7 Å². The van der Waals surface area contributed by atoms with Gasteiger partial charge in [-0.15, -0.1) is 0 Å². The minimum atomic E-state index is -3.35. The maximum Gasteiger partial charge on any atom is 0.407 e. The second kappa shape index (κ2) is 10.9. The zero-order valence-electron chi connectivity index (χ0n) is 20.8. The smallest absolute Gasteiger partial charge is 0.407 e. The molecular formula is C26H35NO8S. The standard InChI is InChI=1S/C26H35NO8S/c1-26(2,3)24-14-23(12-13-27(24)25(28)29)35-22-8-4-18(5-9-22)15-32-21-10-6-19(7-11-21)20-16-33-36(30,31)34-17-20/h4-11,20,23-24,30-31H,12-17H2,1-3H3,(H,28,29). The topological polar surface area (TPSA) is 118 Å². The van der Waals surface area contributed by atoms with Gasteiger partial charge in [0.1, 0.15) is 24.2 Å². The van der Waals surface area contributed by atoms with Crippen molar-refractivity contribution >= 4 is 17.2 Å². The van der Waals surface area contributed by atoms with Crippen LogP contribution in [0, 0.1) is 5.41 Å². The first-order valence-electron chi connectivity index (χ1n) is 12.0. The molecule has 3 N–H and O–H groups in total. The SMILES string of the molecule is CC(C)(C)C1CC(Oc2ccc(COc3ccc(C4COS(O)(O)OC4)cc3)cc2)CCN1C(=O)O. The first-order valence-corrected chi connectivity index (χ1v) is 13.4. The second-order valence-electron chi connectivity index (χ2n) is 10.3. The van der Waals surface area contributed by atoms with Crippen LogP contribution in [0.15, 0.2) is 48.5 Å². The third-order valence-corrected chi connectivity index (χ3v) is 7.51. The van der Waals surface area contributed by atoms with Gasteiger partial charge < -0.3 is 19.5 Å². The zero-order valence-corrected chi connectivity index (χ0v) is 21.6. The molecular weight excluding hydrogens is 486 g/mol. The highest BCUT2D eigenvalue weighted by molar-refractivity contribution is 8.16. The summed E-state index contributed by atoms with van der Waals surface area (Å²) in [5, 5.41) is 9.55. The highest BCUT2D eigenvalue weighted by Crippen LogP contribution is 2.46. The van der Waals surface area contributed by atoms with E-state index in [0.29, 0.717) is 26.0 Å². The van der Waals surface area contributed by atoms with Gasteiger partial charge in [-0.3, -0.25) is 17.5 Å². The van der Waals surface area contributed by atoms with Crippen LogP contribution < -0.4 is 9.47 Å². The van der Waals surface area contributed by atoms with Crippen LogP contribution in [0.3, 0.4) is 0 Å². The predicted molar refractivity (Wildman–Crippen MR) is 136 cm³/mol. The van der Waals surface area contributed by atoms with Crippen LogP contribution in [0.5, 0.6) is 11.5 Å². The van der Waals surface area contributed by atoms with Gasteiger partial charge in [0, 0.05) is 31.3 Å². The quantitative estimate of drug-likeness (QED) is 0.429. The molecule has 2 atom stereocenters. The van der Waals surface area contributed by atoms with E-state index in [1.165, 1.54) is 0 Å². The average Bonchev–Trinajstić information content (AvgIpc) is 2.83. The molecule has 4 rings (SSSR count). The molecule has 2 aromatic rings. The van der Waals surface area contributed by atoms with Crippen molar-refractivity contribution in [3.63, 3.8) is 0 Å². The Bertz CT molecular complexity index is 1010. The van der Waals surface area contributed by atoms with Crippen LogP contribution in [-0.2, 0) is 15.0 Å². The van der Waals surface area contributed by atoms with Crippen molar-refractivity contribution in [2.24, 2.45) is 5.41 Å². The molecule has 2 aliphatic rings. The molecule has 2 heterocycles. The van der Waals surface area contributed by atoms with Gasteiger partial charge in [0.2, 0.25) is 11.2 Å². The first kappa shape index (κ1) is 26.6.